The van der Waals surface area contributed by atoms with E-state index in [0.717, 1.165) is 5.56 Å². The minimum atomic E-state index is -1.00. The maximum atomic E-state index is 11.9. The highest BCUT2D eigenvalue weighted by atomic mass is 16.5. The van der Waals surface area contributed by atoms with E-state index in [1.165, 1.54) is 18.4 Å². The van der Waals surface area contributed by atoms with E-state index < -0.39 is 17.8 Å². The highest BCUT2D eigenvalue weighted by molar-refractivity contribution is 6.05. The zero-order valence-corrected chi connectivity index (χ0v) is 12.8. The summed E-state index contributed by atoms with van der Waals surface area (Å²) in [6.45, 7) is -0.0896. The van der Waals surface area contributed by atoms with Crippen molar-refractivity contribution < 1.29 is 23.6 Å². The van der Waals surface area contributed by atoms with Gasteiger partial charge in [0.2, 0.25) is 0 Å². The van der Waals surface area contributed by atoms with E-state index in [-0.39, 0.29) is 6.61 Å². The molecule has 122 valence electrons. The molecule has 1 atom stereocenters. The van der Waals surface area contributed by atoms with Crippen molar-refractivity contribution in [2.45, 2.75) is 6.61 Å². The van der Waals surface area contributed by atoms with Gasteiger partial charge in [-0.05, 0) is 18.2 Å². The van der Waals surface area contributed by atoms with Crippen LogP contribution in [-0.2, 0) is 20.9 Å². The Morgan fingerprint density at radius 1 is 1.33 bits per heavy atom. The minimum absolute atomic E-state index is 0.0896. The second kappa shape index (κ2) is 6.91. The Bertz CT molecular complexity index is 822. The lowest BCUT2D eigenvalue weighted by Crippen LogP contribution is -2.24. The number of ether oxygens (including phenoxy) is 2. The molecule has 0 saturated carbocycles. The second-order valence-corrected chi connectivity index (χ2v) is 5.00. The number of aromatic nitrogens is 1. The molecule has 1 aliphatic heterocycles. The average Bonchev–Trinajstić information content (AvgIpc) is 3.09. The van der Waals surface area contributed by atoms with Crippen molar-refractivity contribution in [2.24, 2.45) is 10.9 Å². The van der Waals surface area contributed by atoms with Crippen LogP contribution < -0.4 is 4.74 Å². The maximum Gasteiger partial charge on any atom is 0.322 e. The minimum Gasteiger partial charge on any atom is -0.497 e. The third kappa shape index (κ3) is 3.40. The normalized spacial score (nSPS) is 16.2. The molecule has 7 nitrogen and oxygen atoms in total. The average molecular weight is 326 g/mol. The van der Waals surface area contributed by atoms with Crippen molar-refractivity contribution in [1.82, 2.24) is 5.16 Å². The van der Waals surface area contributed by atoms with Crippen LogP contribution in [0.25, 0.3) is 11.3 Å². The van der Waals surface area contributed by atoms with E-state index in [1.807, 2.05) is 18.2 Å². The Hall–Kier alpha value is -3.22. The lowest BCUT2D eigenvalue weighted by Gasteiger charge is -2.09. The van der Waals surface area contributed by atoms with E-state index in [9.17, 15) is 9.59 Å². The van der Waals surface area contributed by atoms with Crippen LogP contribution in [0.4, 0.5) is 0 Å². The summed E-state index contributed by atoms with van der Waals surface area (Å²) in [4.78, 5) is 26.9. The maximum absolute atomic E-state index is 11.9. The van der Waals surface area contributed by atoms with Crippen LogP contribution in [0.2, 0.25) is 0 Å². The number of benzene rings is 1. The molecule has 2 heterocycles. The number of aliphatic imine (C=N–C) groups is 1. The van der Waals surface area contributed by atoms with Gasteiger partial charge in [0.15, 0.2) is 11.7 Å². The summed E-state index contributed by atoms with van der Waals surface area (Å²) in [6, 6.07) is 8.97. The number of hydrogen-bond donors (Lipinski definition) is 0. The number of amides is 1. The molecule has 0 fully saturated rings. The summed E-state index contributed by atoms with van der Waals surface area (Å²) in [5.74, 6) is -0.989. The molecule has 0 bridgehead atoms. The van der Waals surface area contributed by atoms with Gasteiger partial charge in [-0.25, -0.2) is 4.99 Å². The standard InChI is InChI=1S/C17H14N2O5/c1-22-13-5-2-4-11(8-13)15-9-12(19-24-15)10-23-17(21)14-6-3-7-18-16(14)20/h2-9,14H,10H2,1H3. The van der Waals surface area contributed by atoms with Crippen molar-refractivity contribution in [3.63, 3.8) is 0 Å². The molecule has 0 N–H and O–H groups in total. The third-order valence-corrected chi connectivity index (χ3v) is 3.39. The van der Waals surface area contributed by atoms with Crippen LogP contribution in [0.1, 0.15) is 5.69 Å². The molecule has 3 rings (SSSR count). The first kappa shape index (κ1) is 15.7. The molecule has 24 heavy (non-hydrogen) atoms. The van der Waals surface area contributed by atoms with Crippen LogP contribution in [-0.4, -0.2) is 30.4 Å². The molecule has 0 spiro atoms. The summed E-state index contributed by atoms with van der Waals surface area (Å²) >= 11 is 0. The van der Waals surface area contributed by atoms with Crippen LogP contribution >= 0.6 is 0 Å². The quantitative estimate of drug-likeness (QED) is 0.618. The number of carbonyl (C=O) groups excluding carboxylic acids is 2. The van der Waals surface area contributed by atoms with Gasteiger partial charge in [0.05, 0.1) is 7.11 Å². The van der Waals surface area contributed by atoms with Crippen molar-refractivity contribution in [3.05, 3.63) is 48.2 Å². The number of methoxy groups -OCH3 is 1. The number of rotatable bonds is 5. The predicted molar refractivity (Wildman–Crippen MR) is 84.4 cm³/mol. The molecule has 0 radical (unpaired) electrons. The van der Waals surface area contributed by atoms with Gasteiger partial charge < -0.3 is 14.0 Å². The Morgan fingerprint density at radius 2 is 2.21 bits per heavy atom. The van der Waals surface area contributed by atoms with Crippen molar-refractivity contribution in [2.75, 3.05) is 7.11 Å². The molecular formula is C17H14N2O5. The Balaban J connectivity index is 1.64. The SMILES string of the molecule is COc1cccc(-c2cc(COC(=O)C3C=CC=NC3=O)no2)c1. The fourth-order valence-corrected chi connectivity index (χ4v) is 2.15. The summed E-state index contributed by atoms with van der Waals surface area (Å²) in [5.41, 5.74) is 1.23. The van der Waals surface area contributed by atoms with Gasteiger partial charge in [-0.3, -0.25) is 9.59 Å². The lowest BCUT2D eigenvalue weighted by molar-refractivity contribution is -0.151. The van der Waals surface area contributed by atoms with Gasteiger partial charge >= 0.3 is 5.97 Å². The van der Waals surface area contributed by atoms with E-state index >= 15 is 0 Å². The molecule has 1 amide bonds. The molecule has 7 heteroatoms. The fraction of sp³-hybridized carbons (Fsp3) is 0.176. The number of dihydropyridines is 1. The van der Waals surface area contributed by atoms with Crippen molar-refractivity contribution in [3.8, 4) is 17.1 Å². The highest BCUT2D eigenvalue weighted by Gasteiger charge is 2.26. The monoisotopic (exact) mass is 326 g/mol. The highest BCUT2D eigenvalue weighted by Crippen LogP contribution is 2.24. The molecule has 2 aromatic rings. The van der Waals surface area contributed by atoms with Gasteiger partial charge in [0.25, 0.3) is 5.91 Å². The Labute approximate surface area is 137 Å². The van der Waals surface area contributed by atoms with Crippen LogP contribution in [0, 0.1) is 5.92 Å². The first-order valence-electron chi connectivity index (χ1n) is 7.19. The number of nitrogens with zero attached hydrogens (tertiary/aromatic N) is 2. The first-order chi connectivity index (χ1) is 11.7. The molecule has 0 aliphatic carbocycles. The molecule has 1 aromatic heterocycles. The molecule has 1 unspecified atom stereocenters. The topological polar surface area (TPSA) is 91.0 Å². The molecular weight excluding hydrogens is 312 g/mol. The van der Waals surface area contributed by atoms with Crippen LogP contribution in [0.15, 0.2) is 52.0 Å². The third-order valence-electron chi connectivity index (χ3n) is 3.39. The molecule has 0 saturated heterocycles. The van der Waals surface area contributed by atoms with Gasteiger partial charge in [-0.1, -0.05) is 23.4 Å². The van der Waals surface area contributed by atoms with Crippen molar-refractivity contribution in [1.29, 1.82) is 0 Å². The van der Waals surface area contributed by atoms with Gasteiger partial charge in [-0.15, -0.1) is 0 Å². The number of esters is 1. The van der Waals surface area contributed by atoms with E-state index in [0.29, 0.717) is 17.2 Å². The zero-order valence-electron chi connectivity index (χ0n) is 12.8. The summed E-state index contributed by atoms with van der Waals surface area (Å²) in [6.07, 6.45) is 4.32. The summed E-state index contributed by atoms with van der Waals surface area (Å²) in [5, 5.41) is 3.86. The molecule has 1 aliphatic rings. The number of allylic oxidation sites excluding steroid dienone is 1. The number of carbonyl (C=O) groups is 2. The smallest absolute Gasteiger partial charge is 0.322 e. The van der Waals surface area contributed by atoms with Crippen LogP contribution in [0.3, 0.4) is 0 Å². The van der Waals surface area contributed by atoms with Gasteiger partial charge in [-0.2, -0.15) is 0 Å². The summed E-state index contributed by atoms with van der Waals surface area (Å²) < 4.78 is 15.5. The van der Waals surface area contributed by atoms with E-state index in [2.05, 4.69) is 10.1 Å². The van der Waals surface area contributed by atoms with E-state index in [1.54, 1.807) is 19.2 Å². The lowest BCUT2D eigenvalue weighted by atomic mass is 10.1. The van der Waals surface area contributed by atoms with Gasteiger partial charge in [0.1, 0.15) is 18.1 Å². The Kier molecular flexibility index (Phi) is 4.51. The largest absolute Gasteiger partial charge is 0.497 e. The zero-order chi connectivity index (χ0) is 16.9. The summed E-state index contributed by atoms with van der Waals surface area (Å²) in [7, 11) is 1.58. The van der Waals surface area contributed by atoms with Crippen molar-refractivity contribution >= 4 is 18.1 Å². The van der Waals surface area contributed by atoms with Crippen LogP contribution in [0.5, 0.6) is 5.75 Å². The second-order valence-electron chi connectivity index (χ2n) is 5.00. The molecule has 1 aromatic carbocycles. The van der Waals surface area contributed by atoms with E-state index in [4.69, 9.17) is 14.0 Å². The first-order valence-corrected chi connectivity index (χ1v) is 7.19. The predicted octanol–water partition coefficient (Wildman–Crippen LogP) is 2.18. The Morgan fingerprint density at radius 3 is 3.00 bits per heavy atom. The van der Waals surface area contributed by atoms with Gasteiger partial charge in [0, 0.05) is 17.8 Å². The number of hydrogen-bond acceptors (Lipinski definition) is 6. The fourth-order valence-electron chi connectivity index (χ4n) is 2.15.